The number of ether oxygens (including phenoxy) is 2. The van der Waals surface area contributed by atoms with Crippen LogP contribution in [0, 0.1) is 0 Å². The molecule has 5 heteroatoms. The molecule has 0 spiro atoms. The fraction of sp³-hybridized carbons (Fsp3) is 0.636. The Morgan fingerprint density at radius 2 is 2.00 bits per heavy atom. The van der Waals surface area contributed by atoms with Gasteiger partial charge < -0.3 is 9.47 Å². The fourth-order valence-electron chi connectivity index (χ4n) is 0.916. The summed E-state index contributed by atoms with van der Waals surface area (Å²) in [6, 6.07) is 0. The molecular formula is C11H17ClO4. The van der Waals surface area contributed by atoms with E-state index in [1.54, 1.807) is 0 Å². The zero-order valence-corrected chi connectivity index (χ0v) is 10.2. The first-order valence-electron chi connectivity index (χ1n) is 5.20. The molecular weight excluding hydrogens is 232 g/mol. The van der Waals surface area contributed by atoms with Crippen LogP contribution in [0.25, 0.3) is 0 Å². The maximum absolute atomic E-state index is 11.2. The number of rotatable bonds is 8. The Morgan fingerprint density at radius 1 is 1.38 bits per heavy atom. The van der Waals surface area contributed by atoms with Crippen molar-refractivity contribution in [1.29, 1.82) is 0 Å². The summed E-state index contributed by atoms with van der Waals surface area (Å²) in [5.41, 5.74) is -0.610. The second-order valence-electron chi connectivity index (χ2n) is 3.16. The maximum atomic E-state index is 11.2. The van der Waals surface area contributed by atoms with Crippen LogP contribution in [0.2, 0.25) is 0 Å². The lowest BCUT2D eigenvalue weighted by atomic mass is 10.3. The molecule has 0 saturated heterocycles. The van der Waals surface area contributed by atoms with Crippen LogP contribution >= 0.6 is 11.6 Å². The van der Waals surface area contributed by atoms with Crippen molar-refractivity contribution in [3.8, 4) is 0 Å². The molecule has 0 aromatic heterocycles. The number of alkyl halides is 1. The zero-order valence-electron chi connectivity index (χ0n) is 9.41. The highest BCUT2D eigenvalue weighted by atomic mass is 35.5. The Morgan fingerprint density at radius 3 is 2.56 bits per heavy atom. The van der Waals surface area contributed by atoms with Gasteiger partial charge in [0, 0.05) is 0 Å². The van der Waals surface area contributed by atoms with Crippen molar-refractivity contribution < 1.29 is 19.1 Å². The van der Waals surface area contributed by atoms with E-state index < -0.39 is 17.5 Å². The summed E-state index contributed by atoms with van der Waals surface area (Å²) < 4.78 is 9.54. The summed E-state index contributed by atoms with van der Waals surface area (Å²) in [6.07, 6.45) is 2.90. The van der Waals surface area contributed by atoms with E-state index in [4.69, 9.17) is 21.1 Å². The SMILES string of the molecule is C=CCOC(=O)CCC(=O)OC(Cl)CCC. The van der Waals surface area contributed by atoms with E-state index in [1.165, 1.54) is 6.08 Å². The Hall–Kier alpha value is -1.03. The first kappa shape index (κ1) is 15.0. The summed E-state index contributed by atoms with van der Waals surface area (Å²) >= 11 is 5.70. The Balaban J connectivity index is 3.64. The molecule has 0 saturated carbocycles. The molecule has 0 bridgehead atoms. The fourth-order valence-corrected chi connectivity index (χ4v) is 1.23. The van der Waals surface area contributed by atoms with Gasteiger partial charge in [-0.05, 0) is 6.42 Å². The van der Waals surface area contributed by atoms with Crippen LogP contribution in [0.1, 0.15) is 32.6 Å². The van der Waals surface area contributed by atoms with Crippen LogP contribution in [0.3, 0.4) is 0 Å². The van der Waals surface area contributed by atoms with Crippen LogP contribution in [-0.2, 0) is 19.1 Å². The van der Waals surface area contributed by atoms with E-state index >= 15 is 0 Å². The predicted octanol–water partition coefficient (Wildman–Crippen LogP) is 2.40. The monoisotopic (exact) mass is 248 g/mol. The summed E-state index contributed by atoms with van der Waals surface area (Å²) in [5, 5.41) is 0. The van der Waals surface area contributed by atoms with E-state index in [9.17, 15) is 9.59 Å². The zero-order chi connectivity index (χ0) is 12.4. The van der Waals surface area contributed by atoms with E-state index in [1.807, 2.05) is 6.92 Å². The largest absolute Gasteiger partial charge is 0.461 e. The average Bonchev–Trinajstić information content (AvgIpc) is 2.23. The lowest BCUT2D eigenvalue weighted by Gasteiger charge is -2.09. The minimum Gasteiger partial charge on any atom is -0.461 e. The highest BCUT2D eigenvalue weighted by molar-refractivity contribution is 6.20. The Bertz CT molecular complexity index is 240. The molecule has 0 aromatic carbocycles. The van der Waals surface area contributed by atoms with E-state index in [2.05, 4.69) is 6.58 Å². The van der Waals surface area contributed by atoms with Gasteiger partial charge in [-0.1, -0.05) is 37.6 Å². The predicted molar refractivity (Wildman–Crippen MR) is 61.0 cm³/mol. The molecule has 0 aliphatic heterocycles. The van der Waals surface area contributed by atoms with Crippen LogP contribution in [0.5, 0.6) is 0 Å². The molecule has 0 rings (SSSR count). The molecule has 0 aromatic rings. The maximum Gasteiger partial charge on any atom is 0.307 e. The van der Waals surface area contributed by atoms with Crippen molar-refractivity contribution in [3.63, 3.8) is 0 Å². The summed E-state index contributed by atoms with van der Waals surface area (Å²) in [5.74, 6) is -0.928. The third kappa shape index (κ3) is 8.29. The van der Waals surface area contributed by atoms with Crippen molar-refractivity contribution in [1.82, 2.24) is 0 Å². The van der Waals surface area contributed by atoms with Crippen LogP contribution < -0.4 is 0 Å². The molecule has 0 radical (unpaired) electrons. The number of carbonyl (C=O) groups excluding carboxylic acids is 2. The molecule has 0 amide bonds. The van der Waals surface area contributed by atoms with Gasteiger partial charge >= 0.3 is 11.9 Å². The van der Waals surface area contributed by atoms with Crippen molar-refractivity contribution >= 4 is 23.5 Å². The minimum atomic E-state index is -0.610. The standard InChI is InChI=1S/C11H17ClO4/c1-3-5-9(12)16-11(14)7-6-10(13)15-8-4-2/h4,9H,2-3,5-8H2,1H3. The third-order valence-electron chi connectivity index (χ3n) is 1.67. The molecule has 92 valence electrons. The summed E-state index contributed by atoms with van der Waals surface area (Å²) in [7, 11) is 0. The number of esters is 2. The quantitative estimate of drug-likeness (QED) is 0.376. The second kappa shape index (κ2) is 9.21. The van der Waals surface area contributed by atoms with E-state index in [0.717, 1.165) is 6.42 Å². The smallest absolute Gasteiger partial charge is 0.307 e. The molecule has 1 unspecified atom stereocenters. The minimum absolute atomic E-state index is 0.00239. The molecule has 1 atom stereocenters. The van der Waals surface area contributed by atoms with Crippen LogP contribution in [0.4, 0.5) is 0 Å². The lowest BCUT2D eigenvalue weighted by molar-refractivity contribution is -0.151. The van der Waals surface area contributed by atoms with Crippen molar-refractivity contribution in [2.24, 2.45) is 0 Å². The van der Waals surface area contributed by atoms with Gasteiger partial charge in [-0.2, -0.15) is 0 Å². The summed E-state index contributed by atoms with van der Waals surface area (Å²) in [4.78, 5) is 22.2. The first-order valence-corrected chi connectivity index (χ1v) is 5.63. The normalized spacial score (nSPS) is 11.6. The molecule has 0 N–H and O–H groups in total. The molecule has 0 aliphatic carbocycles. The topological polar surface area (TPSA) is 52.6 Å². The second-order valence-corrected chi connectivity index (χ2v) is 3.65. The Labute approximate surface area is 101 Å². The number of halogens is 1. The van der Waals surface area contributed by atoms with Gasteiger partial charge in [0.05, 0.1) is 12.8 Å². The molecule has 4 nitrogen and oxygen atoms in total. The third-order valence-corrected chi connectivity index (χ3v) is 1.98. The van der Waals surface area contributed by atoms with Gasteiger partial charge in [0.25, 0.3) is 0 Å². The van der Waals surface area contributed by atoms with Gasteiger partial charge in [-0.25, -0.2) is 0 Å². The Kier molecular flexibility index (Phi) is 8.62. The molecule has 16 heavy (non-hydrogen) atoms. The highest BCUT2D eigenvalue weighted by Gasteiger charge is 2.12. The van der Waals surface area contributed by atoms with E-state index in [0.29, 0.717) is 6.42 Å². The average molecular weight is 249 g/mol. The molecule has 0 heterocycles. The van der Waals surface area contributed by atoms with E-state index in [-0.39, 0.29) is 19.4 Å². The number of hydrogen-bond donors (Lipinski definition) is 0. The molecule has 0 fully saturated rings. The van der Waals surface area contributed by atoms with Crippen LogP contribution in [0.15, 0.2) is 12.7 Å². The van der Waals surface area contributed by atoms with Crippen molar-refractivity contribution in [2.45, 2.75) is 38.2 Å². The number of carbonyl (C=O) groups is 2. The van der Waals surface area contributed by atoms with Crippen LogP contribution in [-0.4, -0.2) is 24.1 Å². The van der Waals surface area contributed by atoms with Crippen molar-refractivity contribution in [3.05, 3.63) is 12.7 Å². The molecule has 0 aliphatic rings. The lowest BCUT2D eigenvalue weighted by Crippen LogP contribution is -2.14. The number of hydrogen-bond acceptors (Lipinski definition) is 4. The highest BCUT2D eigenvalue weighted by Crippen LogP contribution is 2.08. The first-order chi connectivity index (χ1) is 7.60. The van der Waals surface area contributed by atoms with Gasteiger partial charge in [0.1, 0.15) is 6.61 Å². The van der Waals surface area contributed by atoms with Gasteiger partial charge in [-0.15, -0.1) is 0 Å². The van der Waals surface area contributed by atoms with Crippen molar-refractivity contribution in [2.75, 3.05) is 6.61 Å². The van der Waals surface area contributed by atoms with Gasteiger partial charge in [0.2, 0.25) is 0 Å². The summed E-state index contributed by atoms with van der Waals surface area (Å²) in [6.45, 7) is 5.50. The van der Waals surface area contributed by atoms with Gasteiger partial charge in [0.15, 0.2) is 5.56 Å². The van der Waals surface area contributed by atoms with Gasteiger partial charge in [-0.3, -0.25) is 9.59 Å².